The van der Waals surface area contributed by atoms with Crippen molar-refractivity contribution in [1.82, 2.24) is 24.3 Å². The van der Waals surface area contributed by atoms with Gasteiger partial charge in [0, 0.05) is 31.0 Å². The molecule has 0 saturated carbocycles. The van der Waals surface area contributed by atoms with Gasteiger partial charge in [0.2, 0.25) is 0 Å². The minimum Gasteiger partial charge on any atom is -0.306 e. The summed E-state index contributed by atoms with van der Waals surface area (Å²) in [6.45, 7) is 7.40. The summed E-state index contributed by atoms with van der Waals surface area (Å²) in [5, 5.41) is 10.4. The van der Waals surface area contributed by atoms with Crippen LogP contribution in [0.3, 0.4) is 0 Å². The lowest BCUT2D eigenvalue weighted by atomic mass is 9.96. The highest BCUT2D eigenvalue weighted by Crippen LogP contribution is 2.35. The van der Waals surface area contributed by atoms with Crippen molar-refractivity contribution in [1.29, 1.82) is 0 Å². The fourth-order valence-corrected chi connectivity index (χ4v) is 3.97. The molecule has 11 heteroatoms. The Labute approximate surface area is 180 Å². The van der Waals surface area contributed by atoms with Gasteiger partial charge >= 0.3 is 6.03 Å². The molecule has 2 aromatic heterocycles. The average molecular weight is 449 g/mol. The second-order valence-corrected chi connectivity index (χ2v) is 9.33. The van der Waals surface area contributed by atoms with Gasteiger partial charge in [-0.05, 0) is 49.6 Å². The third-order valence-corrected chi connectivity index (χ3v) is 5.93. The minimum absolute atomic E-state index is 0.0351. The van der Waals surface area contributed by atoms with Crippen molar-refractivity contribution >= 4 is 21.7 Å². The predicted molar refractivity (Wildman–Crippen MR) is 115 cm³/mol. The standard InChI is InChI=1S/C20H25FN6O3S/c1-12(2)15-10-14(21)11-16(17-6-8-22-26(17)5)19(15)23-20(28)25-31(29,30)18-7-9-27(24-18)13(3)4/h6-13H,1-5H3,(H2,23,25,28). The van der Waals surface area contributed by atoms with E-state index in [1.165, 1.54) is 33.8 Å². The quantitative estimate of drug-likeness (QED) is 0.598. The summed E-state index contributed by atoms with van der Waals surface area (Å²) in [5.74, 6) is -0.617. The summed E-state index contributed by atoms with van der Waals surface area (Å²) in [6.07, 6.45) is 3.07. The van der Waals surface area contributed by atoms with Gasteiger partial charge in [0.25, 0.3) is 10.0 Å². The third-order valence-electron chi connectivity index (χ3n) is 4.71. The molecule has 2 heterocycles. The van der Waals surface area contributed by atoms with Crippen molar-refractivity contribution in [2.75, 3.05) is 5.32 Å². The first-order valence-corrected chi connectivity index (χ1v) is 11.2. The summed E-state index contributed by atoms with van der Waals surface area (Å²) in [7, 11) is -2.50. The van der Waals surface area contributed by atoms with Gasteiger partial charge in [-0.1, -0.05) is 13.8 Å². The van der Waals surface area contributed by atoms with E-state index < -0.39 is 21.9 Å². The van der Waals surface area contributed by atoms with Gasteiger partial charge in [0.05, 0.1) is 11.4 Å². The van der Waals surface area contributed by atoms with Gasteiger partial charge in [0.15, 0.2) is 5.03 Å². The number of urea groups is 1. The van der Waals surface area contributed by atoms with Gasteiger partial charge in [-0.3, -0.25) is 9.36 Å². The zero-order valence-electron chi connectivity index (χ0n) is 17.9. The van der Waals surface area contributed by atoms with Gasteiger partial charge in [-0.2, -0.15) is 18.6 Å². The van der Waals surface area contributed by atoms with Gasteiger partial charge in [0.1, 0.15) is 5.82 Å². The number of nitrogens with one attached hydrogen (secondary N) is 2. The Bertz CT molecular complexity index is 1210. The number of halogens is 1. The fourth-order valence-electron chi connectivity index (χ4n) is 3.13. The van der Waals surface area contributed by atoms with Crippen LogP contribution in [0.2, 0.25) is 0 Å². The maximum absolute atomic E-state index is 14.3. The van der Waals surface area contributed by atoms with Crippen molar-refractivity contribution in [2.45, 2.75) is 44.7 Å². The number of benzene rings is 1. The Hall–Kier alpha value is -3.21. The van der Waals surface area contributed by atoms with Crippen molar-refractivity contribution in [3.63, 3.8) is 0 Å². The van der Waals surface area contributed by atoms with Crippen LogP contribution in [0, 0.1) is 5.82 Å². The summed E-state index contributed by atoms with van der Waals surface area (Å²) < 4.78 is 44.5. The number of anilines is 1. The lowest BCUT2D eigenvalue weighted by Gasteiger charge is -2.19. The van der Waals surface area contributed by atoms with Crippen molar-refractivity contribution in [2.24, 2.45) is 7.05 Å². The van der Waals surface area contributed by atoms with E-state index in [0.29, 0.717) is 22.5 Å². The molecule has 0 fully saturated rings. The van der Waals surface area contributed by atoms with Gasteiger partial charge < -0.3 is 5.32 Å². The number of hydrogen-bond donors (Lipinski definition) is 2. The van der Waals surface area contributed by atoms with Gasteiger partial charge in [-0.15, -0.1) is 0 Å². The Morgan fingerprint density at radius 3 is 2.42 bits per heavy atom. The van der Waals surface area contributed by atoms with E-state index in [-0.39, 0.29) is 17.0 Å². The number of carbonyl (C=O) groups excluding carboxylic acids is 1. The highest BCUT2D eigenvalue weighted by atomic mass is 32.2. The zero-order valence-corrected chi connectivity index (χ0v) is 18.7. The van der Waals surface area contributed by atoms with Crippen LogP contribution in [-0.2, 0) is 17.1 Å². The van der Waals surface area contributed by atoms with Gasteiger partial charge in [-0.25, -0.2) is 13.9 Å². The molecule has 2 amide bonds. The Morgan fingerprint density at radius 1 is 1.16 bits per heavy atom. The van der Waals surface area contributed by atoms with Crippen LogP contribution in [-0.4, -0.2) is 34.0 Å². The molecule has 1 aromatic carbocycles. The molecule has 0 bridgehead atoms. The highest BCUT2D eigenvalue weighted by molar-refractivity contribution is 7.90. The molecule has 0 atom stereocenters. The lowest BCUT2D eigenvalue weighted by Crippen LogP contribution is -2.35. The van der Waals surface area contributed by atoms with Crippen LogP contribution in [0.5, 0.6) is 0 Å². The first-order valence-electron chi connectivity index (χ1n) is 9.70. The molecule has 0 aliphatic heterocycles. The molecule has 9 nitrogen and oxygen atoms in total. The summed E-state index contributed by atoms with van der Waals surface area (Å²) in [4.78, 5) is 12.7. The fraction of sp³-hybridized carbons (Fsp3) is 0.350. The number of rotatable bonds is 6. The van der Waals surface area contributed by atoms with Crippen LogP contribution in [0.1, 0.15) is 45.2 Å². The van der Waals surface area contributed by atoms with Crippen LogP contribution >= 0.6 is 0 Å². The lowest BCUT2D eigenvalue weighted by molar-refractivity contribution is 0.256. The van der Waals surface area contributed by atoms with Crippen molar-refractivity contribution in [3.8, 4) is 11.3 Å². The monoisotopic (exact) mass is 448 g/mol. The normalized spacial score (nSPS) is 11.9. The van der Waals surface area contributed by atoms with Crippen LogP contribution < -0.4 is 10.0 Å². The number of nitrogens with zero attached hydrogens (tertiary/aromatic N) is 4. The Kier molecular flexibility index (Phi) is 6.16. The van der Waals surface area contributed by atoms with Crippen molar-refractivity contribution < 1.29 is 17.6 Å². The first-order chi connectivity index (χ1) is 14.5. The molecule has 166 valence electrons. The number of carbonyl (C=O) groups is 1. The van der Waals surface area contributed by atoms with E-state index in [1.54, 1.807) is 19.3 Å². The molecule has 2 N–H and O–H groups in total. The van der Waals surface area contributed by atoms with Crippen LogP contribution in [0.15, 0.2) is 41.7 Å². The molecule has 0 unspecified atom stereocenters. The molecule has 3 rings (SSSR count). The van der Waals surface area contributed by atoms with E-state index in [2.05, 4.69) is 15.5 Å². The number of amides is 2. The second-order valence-electron chi connectivity index (χ2n) is 7.70. The second kappa shape index (κ2) is 8.50. The first kappa shape index (κ1) is 22.5. The zero-order chi connectivity index (χ0) is 22.9. The highest BCUT2D eigenvalue weighted by Gasteiger charge is 2.24. The van der Waals surface area contributed by atoms with E-state index in [1.807, 2.05) is 32.4 Å². The molecule has 0 aliphatic rings. The molecule has 3 aromatic rings. The minimum atomic E-state index is -4.19. The van der Waals surface area contributed by atoms with E-state index in [0.717, 1.165) is 0 Å². The largest absolute Gasteiger partial charge is 0.333 e. The van der Waals surface area contributed by atoms with Crippen LogP contribution in [0.4, 0.5) is 14.9 Å². The van der Waals surface area contributed by atoms with Crippen molar-refractivity contribution in [3.05, 3.63) is 48.0 Å². The summed E-state index contributed by atoms with van der Waals surface area (Å²) in [5.41, 5.74) is 1.78. The molecule has 0 saturated heterocycles. The van der Waals surface area contributed by atoms with Crippen LogP contribution in [0.25, 0.3) is 11.3 Å². The average Bonchev–Trinajstić information content (AvgIpc) is 3.31. The smallest absolute Gasteiger partial charge is 0.306 e. The summed E-state index contributed by atoms with van der Waals surface area (Å²) in [6, 6.07) is 4.57. The number of hydrogen-bond acceptors (Lipinski definition) is 5. The molecule has 0 radical (unpaired) electrons. The molecule has 0 aliphatic carbocycles. The molecular formula is C20H25FN6O3S. The maximum atomic E-state index is 14.3. The topological polar surface area (TPSA) is 111 Å². The number of aromatic nitrogens is 4. The van der Waals surface area contributed by atoms with E-state index in [4.69, 9.17) is 0 Å². The third kappa shape index (κ3) is 4.76. The van der Waals surface area contributed by atoms with E-state index in [9.17, 15) is 17.6 Å². The number of aryl methyl sites for hydroxylation is 1. The summed E-state index contributed by atoms with van der Waals surface area (Å²) >= 11 is 0. The Balaban J connectivity index is 1.96. The maximum Gasteiger partial charge on any atom is 0.333 e. The predicted octanol–water partition coefficient (Wildman–Crippen LogP) is 3.64. The molecule has 31 heavy (non-hydrogen) atoms. The number of sulfonamides is 1. The molecular weight excluding hydrogens is 423 g/mol. The Morgan fingerprint density at radius 2 is 1.87 bits per heavy atom. The molecule has 0 spiro atoms. The van der Waals surface area contributed by atoms with E-state index >= 15 is 0 Å². The SMILES string of the molecule is CC(C)c1cc(F)cc(-c2ccnn2C)c1NC(=O)NS(=O)(=O)c1ccn(C(C)C)n1.